The van der Waals surface area contributed by atoms with Gasteiger partial charge in [-0.3, -0.25) is 4.79 Å². The Labute approximate surface area is 175 Å². The van der Waals surface area contributed by atoms with E-state index in [1.165, 1.54) is 0 Å². The van der Waals surface area contributed by atoms with Crippen LogP contribution < -0.4 is 10.6 Å². The Kier molecular flexibility index (Phi) is 9.89. The highest BCUT2D eigenvalue weighted by molar-refractivity contribution is 5.83. The molecular formula is C25H36N2O2. The molecule has 2 rings (SSSR count). The van der Waals surface area contributed by atoms with Crippen LogP contribution in [0.5, 0.6) is 0 Å². The third kappa shape index (κ3) is 7.30. The van der Waals surface area contributed by atoms with Gasteiger partial charge in [-0.2, -0.15) is 0 Å². The summed E-state index contributed by atoms with van der Waals surface area (Å²) in [5, 5.41) is 17.5. The van der Waals surface area contributed by atoms with Gasteiger partial charge in [0.2, 0.25) is 5.91 Å². The van der Waals surface area contributed by atoms with Crippen molar-refractivity contribution in [3.63, 3.8) is 0 Å². The molecule has 0 aliphatic heterocycles. The van der Waals surface area contributed by atoms with Gasteiger partial charge in [0.15, 0.2) is 0 Å². The van der Waals surface area contributed by atoms with Crippen LogP contribution in [0.3, 0.4) is 0 Å². The summed E-state index contributed by atoms with van der Waals surface area (Å²) >= 11 is 0. The largest absolute Gasteiger partial charge is 0.390 e. The summed E-state index contributed by atoms with van der Waals surface area (Å²) in [6, 6.07) is 19.9. The van der Waals surface area contributed by atoms with E-state index < -0.39 is 6.10 Å². The predicted octanol–water partition coefficient (Wildman–Crippen LogP) is 4.05. The Bertz CT molecular complexity index is 701. The highest BCUT2D eigenvalue weighted by atomic mass is 16.3. The number of hydrogen-bond acceptors (Lipinski definition) is 3. The first kappa shape index (κ1) is 23.1. The summed E-state index contributed by atoms with van der Waals surface area (Å²) < 4.78 is 0. The van der Waals surface area contributed by atoms with E-state index in [4.69, 9.17) is 0 Å². The van der Waals surface area contributed by atoms with Gasteiger partial charge in [-0.1, -0.05) is 81.4 Å². The van der Waals surface area contributed by atoms with Gasteiger partial charge in [0.25, 0.3) is 0 Å². The number of amides is 1. The molecule has 0 aromatic heterocycles. The van der Waals surface area contributed by atoms with Gasteiger partial charge >= 0.3 is 0 Å². The van der Waals surface area contributed by atoms with Crippen molar-refractivity contribution in [2.24, 2.45) is 0 Å². The predicted molar refractivity (Wildman–Crippen MR) is 120 cm³/mol. The van der Waals surface area contributed by atoms with Crippen LogP contribution in [-0.4, -0.2) is 35.7 Å². The number of hydrogen-bond donors (Lipinski definition) is 3. The molecule has 3 atom stereocenters. The average Bonchev–Trinajstić information content (AvgIpc) is 2.76. The van der Waals surface area contributed by atoms with Crippen molar-refractivity contribution in [3.8, 4) is 0 Å². The molecule has 4 heteroatoms. The lowest BCUT2D eigenvalue weighted by atomic mass is 9.94. The minimum atomic E-state index is -0.659. The van der Waals surface area contributed by atoms with E-state index in [1.807, 2.05) is 67.6 Å². The lowest BCUT2D eigenvalue weighted by Gasteiger charge is -2.28. The summed E-state index contributed by atoms with van der Waals surface area (Å²) in [6.07, 6.45) is 2.70. The zero-order valence-electron chi connectivity index (χ0n) is 18.0. The fourth-order valence-electron chi connectivity index (χ4n) is 3.70. The van der Waals surface area contributed by atoms with Crippen LogP contribution in [0.25, 0.3) is 0 Å². The average molecular weight is 397 g/mol. The Hall–Kier alpha value is -2.17. The molecule has 0 fully saturated rings. The Morgan fingerprint density at radius 3 is 2.03 bits per heavy atom. The zero-order valence-corrected chi connectivity index (χ0v) is 18.0. The number of aliphatic hydroxyl groups excluding tert-OH is 1. The molecule has 0 saturated heterocycles. The molecule has 158 valence electrons. The van der Waals surface area contributed by atoms with Crippen LogP contribution in [0.2, 0.25) is 0 Å². The second-order valence-corrected chi connectivity index (χ2v) is 7.67. The summed E-state index contributed by atoms with van der Waals surface area (Å²) in [4.78, 5) is 13.1. The fraction of sp³-hybridized carbons (Fsp3) is 0.480. The van der Waals surface area contributed by atoms with Gasteiger partial charge in [0.1, 0.15) is 0 Å². The van der Waals surface area contributed by atoms with Crippen molar-refractivity contribution in [3.05, 3.63) is 71.8 Å². The second-order valence-electron chi connectivity index (χ2n) is 7.67. The van der Waals surface area contributed by atoms with Gasteiger partial charge in [0, 0.05) is 12.6 Å². The van der Waals surface area contributed by atoms with Crippen LogP contribution in [0.15, 0.2) is 60.7 Å². The molecule has 0 bridgehead atoms. The molecule has 0 aliphatic carbocycles. The summed E-state index contributed by atoms with van der Waals surface area (Å²) in [5.74, 6) is -0.241. The lowest BCUT2D eigenvalue weighted by Crippen LogP contribution is -2.51. The molecule has 29 heavy (non-hydrogen) atoms. The molecular weight excluding hydrogens is 360 g/mol. The van der Waals surface area contributed by atoms with Gasteiger partial charge in [0.05, 0.1) is 18.1 Å². The SMILES string of the molecule is CCC(CC)NCC(O)C(Cc1ccccc1)NC(=O)C(CC)c1ccccc1. The number of aliphatic hydroxyl groups is 1. The van der Waals surface area contributed by atoms with E-state index in [0.717, 1.165) is 30.4 Å². The molecule has 4 nitrogen and oxygen atoms in total. The van der Waals surface area contributed by atoms with E-state index in [1.54, 1.807) is 0 Å². The minimum Gasteiger partial charge on any atom is -0.390 e. The Balaban J connectivity index is 2.11. The van der Waals surface area contributed by atoms with E-state index in [9.17, 15) is 9.90 Å². The van der Waals surface area contributed by atoms with Crippen LogP contribution in [0.4, 0.5) is 0 Å². The Morgan fingerprint density at radius 2 is 1.48 bits per heavy atom. The maximum absolute atomic E-state index is 13.1. The summed E-state index contributed by atoms with van der Waals surface area (Å²) in [6.45, 7) is 6.77. The first-order valence-corrected chi connectivity index (χ1v) is 10.9. The number of rotatable bonds is 12. The van der Waals surface area contributed by atoms with Crippen molar-refractivity contribution in [1.82, 2.24) is 10.6 Å². The molecule has 0 heterocycles. The second kappa shape index (κ2) is 12.4. The smallest absolute Gasteiger partial charge is 0.227 e. The number of nitrogens with one attached hydrogen (secondary N) is 2. The van der Waals surface area contributed by atoms with Gasteiger partial charge in [-0.15, -0.1) is 0 Å². The highest BCUT2D eigenvalue weighted by Gasteiger charge is 2.26. The van der Waals surface area contributed by atoms with E-state index >= 15 is 0 Å². The Morgan fingerprint density at radius 1 is 0.897 bits per heavy atom. The molecule has 2 aromatic rings. The third-order valence-electron chi connectivity index (χ3n) is 5.62. The van der Waals surface area contributed by atoms with Crippen molar-refractivity contribution in [2.75, 3.05) is 6.54 Å². The third-order valence-corrected chi connectivity index (χ3v) is 5.62. The number of carbonyl (C=O) groups excluding carboxylic acids is 1. The summed E-state index contributed by atoms with van der Waals surface area (Å²) in [5.41, 5.74) is 2.11. The molecule has 0 saturated carbocycles. The van der Waals surface area contributed by atoms with Crippen molar-refractivity contribution < 1.29 is 9.90 Å². The van der Waals surface area contributed by atoms with E-state index in [0.29, 0.717) is 19.0 Å². The van der Waals surface area contributed by atoms with Crippen LogP contribution in [-0.2, 0) is 11.2 Å². The number of benzene rings is 2. The molecule has 0 spiro atoms. The normalized spacial score (nSPS) is 14.4. The summed E-state index contributed by atoms with van der Waals surface area (Å²) in [7, 11) is 0. The van der Waals surface area contributed by atoms with Crippen molar-refractivity contribution in [1.29, 1.82) is 0 Å². The van der Waals surface area contributed by atoms with E-state index in [-0.39, 0.29) is 17.9 Å². The van der Waals surface area contributed by atoms with Gasteiger partial charge in [-0.05, 0) is 36.8 Å². The van der Waals surface area contributed by atoms with Gasteiger partial charge in [-0.25, -0.2) is 0 Å². The number of carbonyl (C=O) groups is 1. The minimum absolute atomic E-state index is 0.0267. The lowest BCUT2D eigenvalue weighted by molar-refractivity contribution is -0.124. The zero-order chi connectivity index (χ0) is 21.1. The molecule has 2 aromatic carbocycles. The maximum atomic E-state index is 13.1. The van der Waals surface area contributed by atoms with Gasteiger partial charge < -0.3 is 15.7 Å². The quantitative estimate of drug-likeness (QED) is 0.507. The monoisotopic (exact) mass is 396 g/mol. The van der Waals surface area contributed by atoms with Crippen molar-refractivity contribution >= 4 is 5.91 Å². The standard InChI is InChI=1S/C25H36N2O2/c1-4-21(5-2)26-18-24(28)23(17-19-13-9-7-10-14-19)27-25(29)22(6-3)20-15-11-8-12-16-20/h7-16,21-24,26,28H,4-6,17-18H2,1-3H3,(H,27,29). The molecule has 1 amide bonds. The molecule has 3 unspecified atom stereocenters. The topological polar surface area (TPSA) is 61.4 Å². The fourth-order valence-corrected chi connectivity index (χ4v) is 3.70. The first-order valence-electron chi connectivity index (χ1n) is 10.9. The van der Waals surface area contributed by atoms with Crippen LogP contribution in [0, 0.1) is 0 Å². The molecule has 3 N–H and O–H groups in total. The maximum Gasteiger partial charge on any atom is 0.227 e. The molecule has 0 aliphatic rings. The van der Waals surface area contributed by atoms with Crippen LogP contribution >= 0.6 is 0 Å². The molecule has 0 radical (unpaired) electrons. The highest BCUT2D eigenvalue weighted by Crippen LogP contribution is 2.20. The van der Waals surface area contributed by atoms with E-state index in [2.05, 4.69) is 24.5 Å². The van der Waals surface area contributed by atoms with Crippen molar-refractivity contribution in [2.45, 2.75) is 70.6 Å². The van der Waals surface area contributed by atoms with Crippen LogP contribution in [0.1, 0.15) is 57.1 Å². The first-order chi connectivity index (χ1) is 14.1.